The molecular formula is C23H23NO2. The van der Waals surface area contributed by atoms with Crippen LogP contribution in [0.4, 0.5) is 0 Å². The predicted octanol–water partition coefficient (Wildman–Crippen LogP) is 5.31. The Balaban J connectivity index is 1.95. The molecule has 4 rings (SSSR count). The summed E-state index contributed by atoms with van der Waals surface area (Å²) in [5.41, 5.74) is 5.17. The molecule has 3 aromatic rings. The fourth-order valence-electron chi connectivity index (χ4n) is 3.86. The van der Waals surface area contributed by atoms with Crippen LogP contribution < -0.4 is 4.74 Å². The Morgan fingerprint density at radius 3 is 2.31 bits per heavy atom. The molecule has 0 saturated heterocycles. The molecule has 0 bridgehead atoms. The summed E-state index contributed by atoms with van der Waals surface area (Å²) in [6.07, 6.45) is 1.49. The Labute approximate surface area is 154 Å². The summed E-state index contributed by atoms with van der Waals surface area (Å²) in [7, 11) is 1.67. The molecule has 1 aliphatic carbocycles. The second-order valence-electron chi connectivity index (χ2n) is 7.73. The molecular weight excluding hydrogens is 322 g/mol. The number of aromatic nitrogens is 1. The number of methoxy groups -OCH3 is 1. The van der Waals surface area contributed by atoms with E-state index in [1.54, 1.807) is 7.11 Å². The van der Waals surface area contributed by atoms with Crippen LogP contribution in [0.3, 0.4) is 0 Å². The molecule has 0 unspecified atom stereocenters. The maximum absolute atomic E-state index is 12.8. The first-order valence-corrected chi connectivity index (χ1v) is 8.96. The SMILES string of the molecule is COc1ccc(-c2cc3c(n2-c2ccccc2)CC(C)(C)CC3=O)cc1. The van der Waals surface area contributed by atoms with Gasteiger partial charge in [-0.1, -0.05) is 32.0 Å². The molecule has 0 amide bonds. The van der Waals surface area contributed by atoms with E-state index >= 15 is 0 Å². The summed E-state index contributed by atoms with van der Waals surface area (Å²) in [4.78, 5) is 12.8. The molecule has 0 aliphatic heterocycles. The minimum absolute atomic E-state index is 0.0217. The Morgan fingerprint density at radius 1 is 0.962 bits per heavy atom. The first-order valence-electron chi connectivity index (χ1n) is 8.96. The molecule has 0 fully saturated rings. The second kappa shape index (κ2) is 6.17. The van der Waals surface area contributed by atoms with Crippen molar-refractivity contribution in [3.63, 3.8) is 0 Å². The molecule has 0 N–H and O–H groups in total. The lowest BCUT2D eigenvalue weighted by Gasteiger charge is -2.30. The highest BCUT2D eigenvalue weighted by Gasteiger charge is 2.34. The molecule has 0 saturated carbocycles. The molecule has 132 valence electrons. The summed E-state index contributed by atoms with van der Waals surface area (Å²) in [6, 6.07) is 20.4. The van der Waals surface area contributed by atoms with E-state index in [0.29, 0.717) is 6.42 Å². The molecule has 1 aromatic heterocycles. The van der Waals surface area contributed by atoms with Crippen molar-refractivity contribution in [2.75, 3.05) is 7.11 Å². The van der Waals surface area contributed by atoms with Crippen LogP contribution in [0.2, 0.25) is 0 Å². The lowest BCUT2D eigenvalue weighted by atomic mass is 9.76. The van der Waals surface area contributed by atoms with E-state index in [-0.39, 0.29) is 11.2 Å². The molecule has 2 aromatic carbocycles. The highest BCUT2D eigenvalue weighted by Crippen LogP contribution is 2.40. The van der Waals surface area contributed by atoms with E-state index in [4.69, 9.17) is 4.74 Å². The van der Waals surface area contributed by atoms with Crippen LogP contribution >= 0.6 is 0 Å². The topological polar surface area (TPSA) is 31.2 Å². The predicted molar refractivity (Wildman–Crippen MR) is 104 cm³/mol. The number of carbonyl (C=O) groups is 1. The van der Waals surface area contributed by atoms with Gasteiger partial charge in [0.25, 0.3) is 0 Å². The average Bonchev–Trinajstić information content (AvgIpc) is 3.01. The van der Waals surface area contributed by atoms with Gasteiger partial charge in [-0.2, -0.15) is 0 Å². The number of Topliss-reactive ketones (excluding diaryl/α,β-unsaturated/α-hetero) is 1. The highest BCUT2D eigenvalue weighted by molar-refractivity contribution is 6.00. The summed E-state index contributed by atoms with van der Waals surface area (Å²) < 4.78 is 7.53. The number of nitrogens with zero attached hydrogens (tertiary/aromatic N) is 1. The van der Waals surface area contributed by atoms with Gasteiger partial charge in [-0.15, -0.1) is 0 Å². The minimum Gasteiger partial charge on any atom is -0.497 e. The Morgan fingerprint density at radius 2 is 1.65 bits per heavy atom. The number of ketones is 1. The van der Waals surface area contributed by atoms with Gasteiger partial charge in [0.05, 0.1) is 12.8 Å². The van der Waals surface area contributed by atoms with Gasteiger partial charge in [-0.3, -0.25) is 4.79 Å². The van der Waals surface area contributed by atoms with Gasteiger partial charge in [0.2, 0.25) is 0 Å². The van der Waals surface area contributed by atoms with Gasteiger partial charge in [0, 0.05) is 23.4 Å². The summed E-state index contributed by atoms with van der Waals surface area (Å²) in [6.45, 7) is 4.34. The van der Waals surface area contributed by atoms with E-state index < -0.39 is 0 Å². The maximum atomic E-state index is 12.8. The number of carbonyl (C=O) groups excluding carboxylic acids is 1. The molecule has 26 heavy (non-hydrogen) atoms. The number of fused-ring (bicyclic) bond motifs is 1. The molecule has 3 heteroatoms. The number of hydrogen-bond acceptors (Lipinski definition) is 2. The van der Waals surface area contributed by atoms with E-state index in [1.165, 1.54) is 0 Å². The van der Waals surface area contributed by atoms with Crippen LogP contribution in [0, 0.1) is 5.41 Å². The molecule has 1 heterocycles. The van der Waals surface area contributed by atoms with E-state index in [0.717, 1.165) is 40.4 Å². The lowest BCUT2D eigenvalue weighted by molar-refractivity contribution is 0.0911. The molecule has 1 aliphatic rings. The molecule has 0 radical (unpaired) electrons. The number of benzene rings is 2. The Bertz CT molecular complexity index is 950. The minimum atomic E-state index is -0.0217. The highest BCUT2D eigenvalue weighted by atomic mass is 16.5. The van der Waals surface area contributed by atoms with Crippen molar-refractivity contribution < 1.29 is 9.53 Å². The zero-order chi connectivity index (χ0) is 18.3. The van der Waals surface area contributed by atoms with Crippen molar-refractivity contribution in [1.29, 1.82) is 0 Å². The van der Waals surface area contributed by atoms with Crippen LogP contribution in [-0.2, 0) is 6.42 Å². The van der Waals surface area contributed by atoms with Gasteiger partial charge < -0.3 is 9.30 Å². The van der Waals surface area contributed by atoms with Crippen molar-refractivity contribution >= 4 is 5.78 Å². The third-order valence-electron chi connectivity index (χ3n) is 5.09. The lowest BCUT2D eigenvalue weighted by Crippen LogP contribution is -2.27. The van der Waals surface area contributed by atoms with Gasteiger partial charge in [-0.05, 0) is 59.9 Å². The fourth-order valence-corrected chi connectivity index (χ4v) is 3.86. The normalized spacial score (nSPS) is 15.6. The summed E-state index contributed by atoms with van der Waals surface area (Å²) >= 11 is 0. The number of para-hydroxylation sites is 1. The van der Waals surface area contributed by atoms with Crippen molar-refractivity contribution in [2.45, 2.75) is 26.7 Å². The monoisotopic (exact) mass is 345 g/mol. The van der Waals surface area contributed by atoms with E-state index in [2.05, 4.69) is 48.7 Å². The standard InChI is InChI=1S/C23H23NO2/c1-23(2)14-21-19(22(25)15-23)13-20(16-9-11-18(26-3)12-10-16)24(21)17-7-5-4-6-8-17/h4-13H,14-15H2,1-3H3. The van der Waals surface area contributed by atoms with Crippen molar-refractivity contribution in [1.82, 2.24) is 4.57 Å². The third-order valence-corrected chi connectivity index (χ3v) is 5.09. The smallest absolute Gasteiger partial charge is 0.165 e. The fraction of sp³-hybridized carbons (Fsp3) is 0.261. The quantitative estimate of drug-likeness (QED) is 0.644. The number of ether oxygens (including phenoxy) is 1. The van der Waals surface area contributed by atoms with E-state index in [1.807, 2.05) is 30.3 Å². The maximum Gasteiger partial charge on any atom is 0.165 e. The van der Waals surface area contributed by atoms with Crippen LogP contribution in [0.15, 0.2) is 60.7 Å². The van der Waals surface area contributed by atoms with Gasteiger partial charge in [0.1, 0.15) is 5.75 Å². The zero-order valence-electron chi connectivity index (χ0n) is 15.5. The Hall–Kier alpha value is -2.81. The van der Waals surface area contributed by atoms with Crippen molar-refractivity contribution in [3.8, 4) is 22.7 Å². The van der Waals surface area contributed by atoms with Gasteiger partial charge >= 0.3 is 0 Å². The zero-order valence-corrected chi connectivity index (χ0v) is 15.5. The third kappa shape index (κ3) is 2.84. The van der Waals surface area contributed by atoms with Crippen LogP contribution in [0.5, 0.6) is 5.75 Å². The first-order chi connectivity index (χ1) is 12.5. The Kier molecular flexibility index (Phi) is 3.95. The summed E-state index contributed by atoms with van der Waals surface area (Å²) in [5.74, 6) is 1.06. The second-order valence-corrected chi connectivity index (χ2v) is 7.73. The summed E-state index contributed by atoms with van der Waals surface area (Å²) in [5, 5.41) is 0. The largest absolute Gasteiger partial charge is 0.497 e. The van der Waals surface area contributed by atoms with Crippen molar-refractivity contribution in [3.05, 3.63) is 71.9 Å². The van der Waals surface area contributed by atoms with Gasteiger partial charge in [-0.25, -0.2) is 0 Å². The van der Waals surface area contributed by atoms with Crippen molar-refractivity contribution in [2.24, 2.45) is 5.41 Å². The average molecular weight is 345 g/mol. The molecule has 0 spiro atoms. The molecule has 0 atom stereocenters. The van der Waals surface area contributed by atoms with Crippen LogP contribution in [-0.4, -0.2) is 17.5 Å². The van der Waals surface area contributed by atoms with Gasteiger partial charge in [0.15, 0.2) is 5.78 Å². The molecule has 3 nitrogen and oxygen atoms in total. The van der Waals surface area contributed by atoms with E-state index in [9.17, 15) is 4.79 Å². The van der Waals surface area contributed by atoms with Crippen LogP contribution in [0.25, 0.3) is 16.9 Å². The van der Waals surface area contributed by atoms with Crippen LogP contribution in [0.1, 0.15) is 36.3 Å². The number of hydrogen-bond donors (Lipinski definition) is 0. The number of rotatable bonds is 3. The first kappa shape index (κ1) is 16.6.